The number of carbonyl (C=O) groups is 3. The molecular weight excluding hydrogens is 372 g/mol. The van der Waals surface area contributed by atoms with Crippen LogP contribution in [0.4, 0.5) is 5.69 Å². The summed E-state index contributed by atoms with van der Waals surface area (Å²) in [5.74, 6) is -1.25. The zero-order valence-corrected chi connectivity index (χ0v) is 16.3. The lowest BCUT2D eigenvalue weighted by Crippen LogP contribution is -2.32. The van der Waals surface area contributed by atoms with E-state index in [4.69, 9.17) is 9.84 Å². The van der Waals surface area contributed by atoms with E-state index in [1.54, 1.807) is 23.1 Å². The standard InChI is InChI=1S/C22H24N2O5/c1-2-16-7-3-4-9-19(16)24-13-17(11-20(24)25)22(28)23-12-15-6-5-8-18(10-15)29-14-21(26)27/h3-10,17H,2,11-14H2,1H3,(H,23,28)(H,26,27). The van der Waals surface area contributed by atoms with Crippen molar-refractivity contribution in [1.82, 2.24) is 5.32 Å². The molecule has 29 heavy (non-hydrogen) atoms. The summed E-state index contributed by atoms with van der Waals surface area (Å²) < 4.78 is 5.15. The first kappa shape index (κ1) is 20.4. The van der Waals surface area contributed by atoms with Gasteiger partial charge in [-0.15, -0.1) is 0 Å². The number of nitrogens with zero attached hydrogens (tertiary/aromatic N) is 1. The van der Waals surface area contributed by atoms with Crippen LogP contribution in [-0.2, 0) is 27.3 Å². The van der Waals surface area contributed by atoms with Gasteiger partial charge in [-0.1, -0.05) is 37.3 Å². The number of anilines is 1. The number of nitrogens with one attached hydrogen (secondary N) is 1. The van der Waals surface area contributed by atoms with Crippen molar-refractivity contribution in [2.24, 2.45) is 5.92 Å². The van der Waals surface area contributed by atoms with Crippen LogP contribution in [0.2, 0.25) is 0 Å². The highest BCUT2D eigenvalue weighted by Gasteiger charge is 2.35. The molecule has 0 bridgehead atoms. The van der Waals surface area contributed by atoms with Gasteiger partial charge in [0.2, 0.25) is 11.8 Å². The monoisotopic (exact) mass is 396 g/mol. The largest absolute Gasteiger partial charge is 0.482 e. The second-order valence-electron chi connectivity index (χ2n) is 6.94. The zero-order valence-electron chi connectivity index (χ0n) is 16.3. The molecule has 2 aromatic carbocycles. The van der Waals surface area contributed by atoms with Gasteiger partial charge < -0.3 is 20.1 Å². The van der Waals surface area contributed by atoms with Crippen LogP contribution < -0.4 is 15.0 Å². The lowest BCUT2D eigenvalue weighted by molar-refractivity contribution is -0.139. The SMILES string of the molecule is CCc1ccccc1N1CC(C(=O)NCc2cccc(OCC(=O)O)c2)CC1=O. The van der Waals surface area contributed by atoms with Crippen molar-refractivity contribution in [3.63, 3.8) is 0 Å². The van der Waals surface area contributed by atoms with Gasteiger partial charge in [-0.3, -0.25) is 9.59 Å². The first-order chi connectivity index (χ1) is 14.0. The van der Waals surface area contributed by atoms with Crippen LogP contribution in [0.1, 0.15) is 24.5 Å². The Morgan fingerprint density at radius 2 is 2.00 bits per heavy atom. The minimum atomic E-state index is -1.05. The maximum absolute atomic E-state index is 12.6. The van der Waals surface area contributed by atoms with E-state index in [9.17, 15) is 14.4 Å². The molecule has 7 heteroatoms. The molecule has 1 aliphatic rings. The quantitative estimate of drug-likeness (QED) is 0.714. The highest BCUT2D eigenvalue weighted by atomic mass is 16.5. The molecule has 0 radical (unpaired) electrons. The maximum Gasteiger partial charge on any atom is 0.341 e. The summed E-state index contributed by atoms with van der Waals surface area (Å²) in [5, 5.41) is 11.6. The number of rotatable bonds is 8. The summed E-state index contributed by atoms with van der Waals surface area (Å²) in [6.07, 6.45) is 1.00. The molecule has 1 saturated heterocycles. The fourth-order valence-corrected chi connectivity index (χ4v) is 3.41. The van der Waals surface area contributed by atoms with Gasteiger partial charge in [0, 0.05) is 25.2 Å². The number of benzene rings is 2. The van der Waals surface area contributed by atoms with Crippen LogP contribution in [0.5, 0.6) is 5.75 Å². The summed E-state index contributed by atoms with van der Waals surface area (Å²) in [6, 6.07) is 14.7. The number of para-hydroxylation sites is 1. The molecule has 0 spiro atoms. The average Bonchev–Trinajstić information content (AvgIpc) is 3.12. The van der Waals surface area contributed by atoms with Gasteiger partial charge in [0.1, 0.15) is 5.75 Å². The highest BCUT2D eigenvalue weighted by molar-refractivity contribution is 6.00. The second-order valence-corrected chi connectivity index (χ2v) is 6.94. The number of hydrogen-bond acceptors (Lipinski definition) is 4. The molecule has 1 atom stereocenters. The Kier molecular flexibility index (Phi) is 6.49. The number of aryl methyl sites for hydroxylation is 1. The zero-order chi connectivity index (χ0) is 20.8. The molecule has 0 saturated carbocycles. The average molecular weight is 396 g/mol. The summed E-state index contributed by atoms with van der Waals surface area (Å²) in [4.78, 5) is 37.4. The molecule has 152 valence electrons. The van der Waals surface area contributed by atoms with Crippen LogP contribution in [-0.4, -0.2) is 36.0 Å². The summed E-state index contributed by atoms with van der Waals surface area (Å²) in [6.45, 7) is 2.26. The first-order valence-electron chi connectivity index (χ1n) is 9.57. The molecule has 2 aromatic rings. The third-order valence-corrected chi connectivity index (χ3v) is 4.89. The van der Waals surface area contributed by atoms with Gasteiger partial charge in [-0.25, -0.2) is 4.79 Å². The van der Waals surface area contributed by atoms with Gasteiger partial charge in [0.15, 0.2) is 6.61 Å². The molecule has 2 N–H and O–H groups in total. The van der Waals surface area contributed by atoms with E-state index in [0.29, 0.717) is 12.3 Å². The van der Waals surface area contributed by atoms with Gasteiger partial charge in [0.05, 0.1) is 5.92 Å². The summed E-state index contributed by atoms with van der Waals surface area (Å²) in [5.41, 5.74) is 2.75. The molecule has 7 nitrogen and oxygen atoms in total. The molecule has 1 heterocycles. The minimum Gasteiger partial charge on any atom is -0.482 e. The second kappa shape index (κ2) is 9.23. The van der Waals surface area contributed by atoms with E-state index in [2.05, 4.69) is 5.32 Å². The number of carboxylic acid groups (broad SMARTS) is 1. The number of hydrogen-bond donors (Lipinski definition) is 2. The van der Waals surface area contributed by atoms with Crippen molar-refractivity contribution in [2.45, 2.75) is 26.3 Å². The molecule has 1 fully saturated rings. The Labute approximate surface area is 169 Å². The van der Waals surface area contributed by atoms with Crippen molar-refractivity contribution in [2.75, 3.05) is 18.1 Å². The van der Waals surface area contributed by atoms with Crippen LogP contribution >= 0.6 is 0 Å². The van der Waals surface area contributed by atoms with Crippen molar-refractivity contribution in [3.8, 4) is 5.75 Å². The van der Waals surface area contributed by atoms with Gasteiger partial charge in [0.25, 0.3) is 0 Å². The van der Waals surface area contributed by atoms with E-state index in [1.165, 1.54) is 0 Å². The Morgan fingerprint density at radius 3 is 2.76 bits per heavy atom. The van der Waals surface area contributed by atoms with Gasteiger partial charge >= 0.3 is 5.97 Å². The maximum atomic E-state index is 12.6. The molecule has 3 rings (SSSR count). The topological polar surface area (TPSA) is 95.9 Å². The Balaban J connectivity index is 1.59. The molecular formula is C22H24N2O5. The van der Waals surface area contributed by atoms with Crippen LogP contribution in [0.25, 0.3) is 0 Å². The third-order valence-electron chi connectivity index (χ3n) is 4.89. The molecule has 0 aromatic heterocycles. The Hall–Kier alpha value is -3.35. The van der Waals surface area contributed by atoms with Crippen LogP contribution in [0.15, 0.2) is 48.5 Å². The molecule has 1 unspecified atom stereocenters. The van der Waals surface area contributed by atoms with E-state index in [-0.39, 0.29) is 24.8 Å². The lowest BCUT2D eigenvalue weighted by Gasteiger charge is -2.20. The van der Waals surface area contributed by atoms with Crippen LogP contribution in [0, 0.1) is 5.92 Å². The third kappa shape index (κ3) is 5.13. The first-order valence-corrected chi connectivity index (χ1v) is 9.57. The highest BCUT2D eigenvalue weighted by Crippen LogP contribution is 2.28. The number of carboxylic acids is 1. The number of aliphatic carboxylic acids is 1. The van der Waals surface area contributed by atoms with Crippen molar-refractivity contribution in [1.29, 1.82) is 0 Å². The molecule has 0 aliphatic carbocycles. The van der Waals surface area contributed by atoms with Crippen LogP contribution in [0.3, 0.4) is 0 Å². The molecule has 1 aliphatic heterocycles. The lowest BCUT2D eigenvalue weighted by atomic mass is 10.1. The molecule has 2 amide bonds. The van der Waals surface area contributed by atoms with Crippen molar-refractivity contribution >= 4 is 23.5 Å². The normalized spacial score (nSPS) is 16.0. The number of ether oxygens (including phenoxy) is 1. The van der Waals surface area contributed by atoms with E-state index < -0.39 is 18.5 Å². The summed E-state index contributed by atoms with van der Waals surface area (Å²) >= 11 is 0. The van der Waals surface area contributed by atoms with E-state index in [1.807, 2.05) is 37.3 Å². The smallest absolute Gasteiger partial charge is 0.341 e. The number of carbonyl (C=O) groups excluding carboxylic acids is 2. The van der Waals surface area contributed by atoms with E-state index >= 15 is 0 Å². The summed E-state index contributed by atoms with van der Waals surface area (Å²) in [7, 11) is 0. The Bertz CT molecular complexity index is 912. The van der Waals surface area contributed by atoms with Gasteiger partial charge in [-0.05, 0) is 35.7 Å². The van der Waals surface area contributed by atoms with E-state index in [0.717, 1.165) is 23.2 Å². The fourth-order valence-electron chi connectivity index (χ4n) is 3.41. The fraction of sp³-hybridized carbons (Fsp3) is 0.318. The number of amides is 2. The predicted molar refractivity (Wildman–Crippen MR) is 108 cm³/mol. The predicted octanol–water partition coefficient (Wildman–Crippen LogP) is 2.38. The minimum absolute atomic E-state index is 0.0462. The van der Waals surface area contributed by atoms with Gasteiger partial charge in [-0.2, -0.15) is 0 Å². The van der Waals surface area contributed by atoms with Crippen molar-refractivity contribution in [3.05, 3.63) is 59.7 Å². The Morgan fingerprint density at radius 1 is 1.21 bits per heavy atom. The van der Waals surface area contributed by atoms with Crippen molar-refractivity contribution < 1.29 is 24.2 Å².